The van der Waals surface area contributed by atoms with E-state index in [1.54, 1.807) is 18.2 Å². The Morgan fingerprint density at radius 2 is 2.21 bits per heavy atom. The highest BCUT2D eigenvalue weighted by Crippen LogP contribution is 2.22. The van der Waals surface area contributed by atoms with Gasteiger partial charge < -0.3 is 21.1 Å². The number of hydrogen-bond donors (Lipinski definition) is 3. The van der Waals surface area contributed by atoms with Crippen molar-refractivity contribution in [2.24, 2.45) is 0 Å². The number of anilines is 2. The number of likely N-dealkylation sites (N-methyl/N-ethyl adjacent to an activating group) is 1. The lowest BCUT2D eigenvalue weighted by Gasteiger charge is -2.18. The SMILES string of the molecule is CCN(CCO)CCC(=O)Nc1ccc(Cl)c(N)c1. The van der Waals surface area contributed by atoms with Crippen molar-refractivity contribution in [3.63, 3.8) is 0 Å². The number of benzene rings is 1. The van der Waals surface area contributed by atoms with Gasteiger partial charge in [0, 0.05) is 25.2 Å². The molecule has 0 fully saturated rings. The van der Waals surface area contributed by atoms with Gasteiger partial charge >= 0.3 is 0 Å². The van der Waals surface area contributed by atoms with Crippen LogP contribution in [0.3, 0.4) is 0 Å². The third-order valence-corrected chi connectivity index (χ3v) is 3.14. The van der Waals surface area contributed by atoms with Gasteiger partial charge in [-0.15, -0.1) is 0 Å². The second kappa shape index (κ2) is 7.99. The molecule has 19 heavy (non-hydrogen) atoms. The summed E-state index contributed by atoms with van der Waals surface area (Å²) in [6.45, 7) is 4.10. The maximum absolute atomic E-state index is 11.8. The van der Waals surface area contributed by atoms with E-state index in [4.69, 9.17) is 22.4 Å². The van der Waals surface area contributed by atoms with Gasteiger partial charge in [0.1, 0.15) is 0 Å². The van der Waals surface area contributed by atoms with E-state index in [0.29, 0.717) is 35.9 Å². The lowest BCUT2D eigenvalue weighted by molar-refractivity contribution is -0.116. The number of rotatable bonds is 7. The van der Waals surface area contributed by atoms with E-state index in [-0.39, 0.29) is 12.5 Å². The van der Waals surface area contributed by atoms with Gasteiger partial charge in [-0.05, 0) is 24.7 Å². The number of aliphatic hydroxyl groups is 1. The molecule has 1 aromatic rings. The Morgan fingerprint density at radius 3 is 2.79 bits per heavy atom. The highest BCUT2D eigenvalue weighted by molar-refractivity contribution is 6.33. The number of nitrogens with one attached hydrogen (secondary N) is 1. The van der Waals surface area contributed by atoms with Crippen molar-refractivity contribution in [3.8, 4) is 0 Å². The molecule has 5 nitrogen and oxygen atoms in total. The van der Waals surface area contributed by atoms with Crippen LogP contribution >= 0.6 is 11.6 Å². The van der Waals surface area contributed by atoms with E-state index in [0.717, 1.165) is 6.54 Å². The van der Waals surface area contributed by atoms with E-state index in [1.165, 1.54) is 0 Å². The van der Waals surface area contributed by atoms with Crippen molar-refractivity contribution in [1.82, 2.24) is 4.90 Å². The number of carbonyl (C=O) groups is 1. The van der Waals surface area contributed by atoms with Gasteiger partial charge in [-0.1, -0.05) is 18.5 Å². The van der Waals surface area contributed by atoms with Gasteiger partial charge in [-0.25, -0.2) is 0 Å². The van der Waals surface area contributed by atoms with Crippen LogP contribution in [0.1, 0.15) is 13.3 Å². The van der Waals surface area contributed by atoms with Crippen molar-refractivity contribution in [1.29, 1.82) is 0 Å². The molecule has 0 unspecified atom stereocenters. The van der Waals surface area contributed by atoms with Gasteiger partial charge in [0.2, 0.25) is 5.91 Å². The Kier molecular flexibility index (Phi) is 6.62. The van der Waals surface area contributed by atoms with Crippen LogP contribution in [0.25, 0.3) is 0 Å². The van der Waals surface area contributed by atoms with E-state index < -0.39 is 0 Å². The second-order valence-electron chi connectivity index (χ2n) is 4.19. The molecule has 0 bridgehead atoms. The zero-order valence-corrected chi connectivity index (χ0v) is 11.8. The molecule has 1 amide bonds. The summed E-state index contributed by atoms with van der Waals surface area (Å²) in [4.78, 5) is 13.8. The third kappa shape index (κ3) is 5.46. The minimum atomic E-state index is -0.0851. The highest BCUT2D eigenvalue weighted by atomic mass is 35.5. The molecule has 4 N–H and O–H groups in total. The fourth-order valence-corrected chi connectivity index (χ4v) is 1.79. The largest absolute Gasteiger partial charge is 0.397 e. The molecule has 0 aromatic heterocycles. The second-order valence-corrected chi connectivity index (χ2v) is 4.60. The highest BCUT2D eigenvalue weighted by Gasteiger charge is 2.07. The first-order valence-corrected chi connectivity index (χ1v) is 6.62. The smallest absolute Gasteiger partial charge is 0.225 e. The number of aliphatic hydroxyl groups excluding tert-OH is 1. The molecule has 0 aliphatic heterocycles. The Balaban J connectivity index is 2.44. The number of nitrogens with two attached hydrogens (primary N) is 1. The van der Waals surface area contributed by atoms with Gasteiger partial charge in [-0.3, -0.25) is 4.79 Å². The zero-order valence-electron chi connectivity index (χ0n) is 11.0. The number of hydrogen-bond acceptors (Lipinski definition) is 4. The number of nitrogen functional groups attached to an aromatic ring is 1. The minimum absolute atomic E-state index is 0.0851. The first kappa shape index (κ1) is 15.8. The van der Waals surface area contributed by atoms with Crippen LogP contribution in [0.15, 0.2) is 18.2 Å². The molecule has 0 aliphatic carbocycles. The minimum Gasteiger partial charge on any atom is -0.397 e. The molecule has 1 rings (SSSR count). The number of carbonyl (C=O) groups excluding carboxylic acids is 1. The van der Waals surface area contributed by atoms with Crippen molar-refractivity contribution >= 4 is 28.9 Å². The number of amides is 1. The summed E-state index contributed by atoms with van der Waals surface area (Å²) in [6, 6.07) is 4.99. The maximum atomic E-state index is 11.8. The summed E-state index contributed by atoms with van der Waals surface area (Å²) in [6.07, 6.45) is 0.371. The van der Waals surface area contributed by atoms with E-state index in [9.17, 15) is 4.79 Å². The molecule has 6 heteroatoms. The lowest BCUT2D eigenvalue weighted by atomic mass is 10.2. The van der Waals surface area contributed by atoms with E-state index >= 15 is 0 Å². The Morgan fingerprint density at radius 1 is 1.47 bits per heavy atom. The first-order valence-electron chi connectivity index (χ1n) is 6.25. The lowest BCUT2D eigenvalue weighted by Crippen LogP contribution is -2.30. The summed E-state index contributed by atoms with van der Waals surface area (Å²) in [7, 11) is 0. The molecule has 0 heterocycles. The molecular formula is C13H20ClN3O2. The van der Waals surface area contributed by atoms with Crippen LogP contribution in [0.4, 0.5) is 11.4 Å². The predicted molar refractivity (Wildman–Crippen MR) is 78.3 cm³/mol. The van der Waals surface area contributed by atoms with E-state index in [2.05, 4.69) is 5.32 Å². The van der Waals surface area contributed by atoms with Crippen molar-refractivity contribution in [2.45, 2.75) is 13.3 Å². The van der Waals surface area contributed by atoms with Gasteiger partial charge in [0.05, 0.1) is 17.3 Å². The summed E-state index contributed by atoms with van der Waals surface area (Å²) in [5.41, 5.74) is 6.74. The van der Waals surface area contributed by atoms with Crippen molar-refractivity contribution < 1.29 is 9.90 Å². The summed E-state index contributed by atoms with van der Waals surface area (Å²) < 4.78 is 0. The average Bonchev–Trinajstić information content (AvgIpc) is 2.39. The molecule has 0 saturated heterocycles. The predicted octanol–water partition coefficient (Wildman–Crippen LogP) is 1.56. The fraction of sp³-hybridized carbons (Fsp3) is 0.462. The monoisotopic (exact) mass is 285 g/mol. The van der Waals surface area contributed by atoms with Crippen LogP contribution in [0.5, 0.6) is 0 Å². The molecule has 0 saturated carbocycles. The maximum Gasteiger partial charge on any atom is 0.225 e. The summed E-state index contributed by atoms with van der Waals surface area (Å²) >= 11 is 5.81. The van der Waals surface area contributed by atoms with Crippen molar-refractivity contribution in [2.75, 3.05) is 37.3 Å². The van der Waals surface area contributed by atoms with Crippen LogP contribution in [-0.2, 0) is 4.79 Å². The number of halogens is 1. The van der Waals surface area contributed by atoms with Gasteiger partial charge in [-0.2, -0.15) is 0 Å². The van der Waals surface area contributed by atoms with Gasteiger partial charge in [0.25, 0.3) is 0 Å². The third-order valence-electron chi connectivity index (χ3n) is 2.80. The number of nitrogens with zero attached hydrogens (tertiary/aromatic N) is 1. The molecule has 106 valence electrons. The molecule has 0 aliphatic rings. The molecular weight excluding hydrogens is 266 g/mol. The van der Waals surface area contributed by atoms with Crippen molar-refractivity contribution in [3.05, 3.63) is 23.2 Å². The standard InChI is InChI=1S/C13H20ClN3O2/c1-2-17(7-8-18)6-5-13(19)16-10-3-4-11(14)12(15)9-10/h3-4,9,18H,2,5-8,15H2,1H3,(H,16,19). The Labute approximate surface area is 118 Å². The average molecular weight is 286 g/mol. The van der Waals surface area contributed by atoms with Crippen LogP contribution in [-0.4, -0.2) is 42.2 Å². The van der Waals surface area contributed by atoms with Crippen LogP contribution in [0.2, 0.25) is 5.02 Å². The Hall–Kier alpha value is -1.30. The molecule has 0 spiro atoms. The summed E-state index contributed by atoms with van der Waals surface area (Å²) in [5, 5.41) is 12.1. The Bertz CT molecular complexity index is 426. The quantitative estimate of drug-likeness (QED) is 0.665. The topological polar surface area (TPSA) is 78.6 Å². The molecule has 1 aromatic carbocycles. The van der Waals surface area contributed by atoms with Crippen LogP contribution in [0, 0.1) is 0 Å². The zero-order chi connectivity index (χ0) is 14.3. The molecule has 0 radical (unpaired) electrons. The van der Waals surface area contributed by atoms with Gasteiger partial charge in [0.15, 0.2) is 0 Å². The summed E-state index contributed by atoms with van der Waals surface area (Å²) in [5.74, 6) is -0.0851. The first-order chi connectivity index (χ1) is 9.06. The normalized spacial score (nSPS) is 10.7. The molecule has 0 atom stereocenters. The van der Waals surface area contributed by atoms with E-state index in [1.807, 2.05) is 11.8 Å². The fourth-order valence-electron chi connectivity index (χ4n) is 1.67. The van der Waals surface area contributed by atoms with Crippen LogP contribution < -0.4 is 11.1 Å².